The molecule has 1 aromatic heterocycles. The van der Waals surface area contributed by atoms with Crippen molar-refractivity contribution in [3.05, 3.63) is 47.3 Å². The van der Waals surface area contributed by atoms with Crippen LogP contribution in [0.5, 0.6) is 0 Å². The lowest BCUT2D eigenvalue weighted by Gasteiger charge is -2.20. The van der Waals surface area contributed by atoms with Crippen LogP contribution in [0.1, 0.15) is 18.9 Å². The summed E-state index contributed by atoms with van der Waals surface area (Å²) in [7, 11) is 0. The standard InChI is InChI=1S/C14H14ClNO2/c1-2-18-14(17)12-6-4-3-5-11(12)10-7-8-13(15)16-9-10/h3-5,7-9,12H,2,6H2,1H3. The number of carbonyl (C=O) groups is 1. The molecule has 18 heavy (non-hydrogen) atoms. The number of hydrogen-bond acceptors (Lipinski definition) is 3. The third-order valence-corrected chi connectivity index (χ3v) is 3.01. The first-order valence-corrected chi connectivity index (χ1v) is 6.25. The highest BCUT2D eigenvalue weighted by Crippen LogP contribution is 2.30. The average Bonchev–Trinajstić information content (AvgIpc) is 2.40. The van der Waals surface area contributed by atoms with Crippen molar-refractivity contribution in [1.82, 2.24) is 4.98 Å². The van der Waals surface area contributed by atoms with Gasteiger partial charge in [-0.2, -0.15) is 0 Å². The van der Waals surface area contributed by atoms with Crippen LogP contribution in [-0.4, -0.2) is 17.6 Å². The normalized spacial score (nSPS) is 18.3. The van der Waals surface area contributed by atoms with Crippen LogP contribution in [0, 0.1) is 5.92 Å². The zero-order valence-corrected chi connectivity index (χ0v) is 10.9. The summed E-state index contributed by atoms with van der Waals surface area (Å²) in [6.07, 6.45) is 8.18. The molecule has 1 aliphatic rings. The smallest absolute Gasteiger partial charge is 0.313 e. The first-order valence-electron chi connectivity index (χ1n) is 5.87. The van der Waals surface area contributed by atoms with Gasteiger partial charge in [0.2, 0.25) is 0 Å². The van der Waals surface area contributed by atoms with Crippen molar-refractivity contribution in [3.63, 3.8) is 0 Å². The van der Waals surface area contributed by atoms with Gasteiger partial charge >= 0.3 is 5.97 Å². The molecule has 94 valence electrons. The average molecular weight is 264 g/mol. The van der Waals surface area contributed by atoms with Gasteiger partial charge in [0.05, 0.1) is 12.5 Å². The molecule has 0 aliphatic heterocycles. The number of halogens is 1. The summed E-state index contributed by atoms with van der Waals surface area (Å²) < 4.78 is 5.10. The Balaban J connectivity index is 2.27. The van der Waals surface area contributed by atoms with Crippen molar-refractivity contribution in [1.29, 1.82) is 0 Å². The van der Waals surface area contributed by atoms with E-state index in [2.05, 4.69) is 4.98 Å². The molecule has 2 rings (SSSR count). The zero-order chi connectivity index (χ0) is 13.0. The number of nitrogens with zero attached hydrogens (tertiary/aromatic N) is 1. The maximum atomic E-state index is 11.9. The summed E-state index contributed by atoms with van der Waals surface area (Å²) in [5.74, 6) is -0.444. The van der Waals surface area contributed by atoms with Crippen molar-refractivity contribution in [2.75, 3.05) is 6.61 Å². The molecule has 0 N–H and O–H groups in total. The van der Waals surface area contributed by atoms with Crippen LogP contribution < -0.4 is 0 Å². The monoisotopic (exact) mass is 263 g/mol. The van der Waals surface area contributed by atoms with Crippen molar-refractivity contribution in [2.45, 2.75) is 13.3 Å². The Morgan fingerprint density at radius 3 is 3.06 bits per heavy atom. The Morgan fingerprint density at radius 1 is 1.56 bits per heavy atom. The fraction of sp³-hybridized carbons (Fsp3) is 0.286. The lowest BCUT2D eigenvalue weighted by Crippen LogP contribution is -2.20. The van der Waals surface area contributed by atoms with E-state index in [-0.39, 0.29) is 11.9 Å². The molecule has 0 amide bonds. The van der Waals surface area contributed by atoms with Crippen molar-refractivity contribution >= 4 is 23.1 Å². The maximum absolute atomic E-state index is 11.9. The quantitative estimate of drug-likeness (QED) is 0.621. The molecule has 0 radical (unpaired) electrons. The van der Waals surface area contributed by atoms with Gasteiger partial charge in [0.1, 0.15) is 5.15 Å². The number of pyridine rings is 1. The summed E-state index contributed by atoms with van der Waals surface area (Å²) in [6, 6.07) is 3.59. The molecule has 1 heterocycles. The molecule has 3 nitrogen and oxygen atoms in total. The van der Waals surface area contributed by atoms with Gasteiger partial charge in [-0.3, -0.25) is 4.79 Å². The topological polar surface area (TPSA) is 39.2 Å². The minimum Gasteiger partial charge on any atom is -0.466 e. The molecule has 0 bridgehead atoms. The molecular formula is C14H14ClNO2. The second kappa shape index (κ2) is 5.83. The number of carbonyl (C=O) groups excluding carboxylic acids is 1. The van der Waals surface area contributed by atoms with Crippen LogP contribution in [0.4, 0.5) is 0 Å². The third-order valence-electron chi connectivity index (χ3n) is 2.79. The Morgan fingerprint density at radius 2 is 2.39 bits per heavy atom. The van der Waals surface area contributed by atoms with Gasteiger partial charge in [-0.25, -0.2) is 4.98 Å². The second-order valence-corrected chi connectivity index (χ2v) is 4.35. The minimum absolute atomic E-state index is 0.192. The van der Waals surface area contributed by atoms with Gasteiger partial charge in [-0.1, -0.05) is 35.9 Å². The second-order valence-electron chi connectivity index (χ2n) is 3.96. The molecule has 1 aliphatic carbocycles. The van der Waals surface area contributed by atoms with Crippen LogP contribution >= 0.6 is 11.6 Å². The van der Waals surface area contributed by atoms with Gasteiger partial charge in [0, 0.05) is 6.20 Å². The lowest BCUT2D eigenvalue weighted by molar-refractivity contribution is -0.145. The Kier molecular flexibility index (Phi) is 4.15. The van der Waals surface area contributed by atoms with E-state index in [1.807, 2.05) is 31.2 Å². The molecule has 1 aromatic rings. The molecule has 1 atom stereocenters. The van der Waals surface area contributed by atoms with E-state index in [1.54, 1.807) is 12.3 Å². The van der Waals surface area contributed by atoms with E-state index < -0.39 is 0 Å². The molecule has 0 saturated carbocycles. The van der Waals surface area contributed by atoms with Crippen LogP contribution in [0.3, 0.4) is 0 Å². The van der Waals surface area contributed by atoms with Crippen molar-refractivity contribution < 1.29 is 9.53 Å². The molecule has 1 unspecified atom stereocenters. The third kappa shape index (κ3) is 2.79. The van der Waals surface area contributed by atoms with Crippen LogP contribution in [0.15, 0.2) is 36.6 Å². The molecular weight excluding hydrogens is 250 g/mol. The van der Waals surface area contributed by atoms with Crippen molar-refractivity contribution in [3.8, 4) is 0 Å². The fourth-order valence-corrected chi connectivity index (χ4v) is 2.05. The van der Waals surface area contributed by atoms with E-state index in [0.717, 1.165) is 11.1 Å². The number of aromatic nitrogens is 1. The summed E-state index contributed by atoms with van der Waals surface area (Å²) in [4.78, 5) is 15.9. The molecule has 0 saturated heterocycles. The van der Waals surface area contributed by atoms with Gasteiger partial charge in [0.25, 0.3) is 0 Å². The lowest BCUT2D eigenvalue weighted by atomic mass is 9.87. The summed E-state index contributed by atoms with van der Waals surface area (Å²) in [5, 5.41) is 0.443. The predicted molar refractivity (Wildman–Crippen MR) is 71.1 cm³/mol. The highest BCUT2D eigenvalue weighted by molar-refractivity contribution is 6.29. The SMILES string of the molecule is CCOC(=O)C1CC=CC=C1c1ccc(Cl)nc1. The van der Waals surface area contributed by atoms with Crippen LogP contribution in [-0.2, 0) is 9.53 Å². The van der Waals surface area contributed by atoms with Gasteiger partial charge in [0.15, 0.2) is 0 Å². The number of hydrogen-bond donors (Lipinski definition) is 0. The number of esters is 1. The first-order chi connectivity index (χ1) is 8.72. The van der Waals surface area contributed by atoms with Gasteiger partial charge in [-0.05, 0) is 30.5 Å². The van der Waals surface area contributed by atoms with E-state index >= 15 is 0 Å². The fourth-order valence-electron chi connectivity index (χ4n) is 1.94. The minimum atomic E-state index is -0.252. The van der Waals surface area contributed by atoms with E-state index in [0.29, 0.717) is 18.2 Å². The van der Waals surface area contributed by atoms with E-state index in [9.17, 15) is 4.79 Å². The van der Waals surface area contributed by atoms with E-state index in [4.69, 9.17) is 16.3 Å². The zero-order valence-electron chi connectivity index (χ0n) is 10.1. The van der Waals surface area contributed by atoms with Crippen molar-refractivity contribution in [2.24, 2.45) is 5.92 Å². The Hall–Kier alpha value is -1.61. The number of rotatable bonds is 3. The predicted octanol–water partition coefficient (Wildman–Crippen LogP) is 3.26. The number of allylic oxidation sites excluding steroid dienone is 3. The Bertz CT molecular complexity index is 491. The highest BCUT2D eigenvalue weighted by atomic mass is 35.5. The van der Waals surface area contributed by atoms with Gasteiger partial charge in [-0.15, -0.1) is 0 Å². The molecule has 4 heteroatoms. The summed E-state index contributed by atoms with van der Waals surface area (Å²) in [5.41, 5.74) is 1.84. The number of ether oxygens (including phenoxy) is 1. The highest BCUT2D eigenvalue weighted by Gasteiger charge is 2.25. The summed E-state index contributed by atoms with van der Waals surface area (Å²) in [6.45, 7) is 2.20. The summed E-state index contributed by atoms with van der Waals surface area (Å²) >= 11 is 5.76. The van der Waals surface area contributed by atoms with Gasteiger partial charge < -0.3 is 4.74 Å². The first kappa shape index (κ1) is 12.8. The Labute approximate surface area is 111 Å². The largest absolute Gasteiger partial charge is 0.466 e. The maximum Gasteiger partial charge on any atom is 0.313 e. The van der Waals surface area contributed by atoms with Crippen LogP contribution in [0.2, 0.25) is 5.15 Å². The molecule has 0 fully saturated rings. The van der Waals surface area contributed by atoms with Crippen LogP contribution in [0.25, 0.3) is 5.57 Å². The van der Waals surface area contributed by atoms with E-state index in [1.165, 1.54) is 0 Å². The molecule has 0 aromatic carbocycles. The molecule has 0 spiro atoms.